The van der Waals surface area contributed by atoms with Gasteiger partial charge in [-0.05, 0) is 43.9 Å². The Morgan fingerprint density at radius 3 is 2.44 bits per heavy atom. The molecule has 3 heteroatoms. The van der Waals surface area contributed by atoms with Gasteiger partial charge in [0.1, 0.15) is 5.60 Å². The van der Waals surface area contributed by atoms with Crippen molar-refractivity contribution in [2.24, 2.45) is 0 Å². The quantitative estimate of drug-likeness (QED) is 0.688. The first-order chi connectivity index (χ1) is 11.8. The average Bonchev–Trinajstić information content (AvgIpc) is 2.55. The van der Waals surface area contributed by atoms with Crippen molar-refractivity contribution in [3.63, 3.8) is 0 Å². The predicted molar refractivity (Wildman–Crippen MR) is 104 cm³/mol. The second-order valence-electron chi connectivity index (χ2n) is 7.20. The van der Waals surface area contributed by atoms with Gasteiger partial charge in [0.2, 0.25) is 0 Å². The summed E-state index contributed by atoms with van der Waals surface area (Å²) in [5.41, 5.74) is 3.56. The molecule has 1 atom stereocenters. The highest BCUT2D eigenvalue weighted by Gasteiger charge is 2.20. The van der Waals surface area contributed by atoms with Crippen LogP contribution in [0.15, 0.2) is 61.2 Å². The van der Waals surface area contributed by atoms with Gasteiger partial charge in [-0.2, -0.15) is 0 Å². The fourth-order valence-electron chi connectivity index (χ4n) is 2.65. The molecular formula is C22H27NO2. The smallest absolute Gasteiger partial charge is 0.412 e. The van der Waals surface area contributed by atoms with Gasteiger partial charge in [0, 0.05) is 5.92 Å². The Morgan fingerprint density at radius 1 is 1.16 bits per heavy atom. The zero-order valence-electron chi connectivity index (χ0n) is 15.5. The fourth-order valence-corrected chi connectivity index (χ4v) is 2.65. The third-order valence-electron chi connectivity index (χ3n) is 3.89. The second kappa shape index (κ2) is 8.02. The van der Waals surface area contributed by atoms with Crippen molar-refractivity contribution < 1.29 is 9.53 Å². The van der Waals surface area contributed by atoms with Crippen molar-refractivity contribution in [1.82, 2.24) is 0 Å². The minimum atomic E-state index is -0.539. The molecule has 0 aromatic heterocycles. The fraction of sp³-hybridized carbons (Fsp3) is 0.318. The van der Waals surface area contributed by atoms with Crippen LogP contribution in [-0.2, 0) is 11.2 Å². The first-order valence-corrected chi connectivity index (χ1v) is 8.58. The number of amides is 1. The molecule has 132 valence electrons. The molecule has 1 unspecified atom stereocenters. The topological polar surface area (TPSA) is 38.3 Å². The summed E-state index contributed by atoms with van der Waals surface area (Å²) in [6.07, 6.45) is 2.18. The van der Waals surface area contributed by atoms with Crippen molar-refractivity contribution in [3.05, 3.63) is 77.9 Å². The van der Waals surface area contributed by atoms with Crippen LogP contribution in [0.25, 0.3) is 0 Å². The van der Waals surface area contributed by atoms with Crippen LogP contribution in [0.1, 0.15) is 50.3 Å². The summed E-state index contributed by atoms with van der Waals surface area (Å²) in [6.45, 7) is 11.5. The van der Waals surface area contributed by atoms with Crippen molar-refractivity contribution in [1.29, 1.82) is 0 Å². The van der Waals surface area contributed by atoms with Crippen LogP contribution < -0.4 is 5.32 Å². The molecule has 0 fully saturated rings. The molecule has 25 heavy (non-hydrogen) atoms. The van der Waals surface area contributed by atoms with Crippen LogP contribution in [0.2, 0.25) is 0 Å². The molecule has 0 aliphatic heterocycles. The maximum Gasteiger partial charge on any atom is 0.412 e. The van der Waals surface area contributed by atoms with Gasteiger partial charge in [-0.25, -0.2) is 4.79 Å². The van der Waals surface area contributed by atoms with E-state index in [4.69, 9.17) is 4.74 Å². The highest BCUT2D eigenvalue weighted by molar-refractivity contribution is 5.87. The van der Waals surface area contributed by atoms with Gasteiger partial charge >= 0.3 is 6.09 Å². The summed E-state index contributed by atoms with van der Waals surface area (Å²) >= 11 is 0. The van der Waals surface area contributed by atoms with Crippen molar-refractivity contribution in [3.8, 4) is 0 Å². The first kappa shape index (κ1) is 18.8. The molecule has 3 nitrogen and oxygen atoms in total. The monoisotopic (exact) mass is 337 g/mol. The number of hydrogen-bond acceptors (Lipinski definition) is 2. The van der Waals surface area contributed by atoms with Crippen LogP contribution in [-0.4, -0.2) is 11.7 Å². The van der Waals surface area contributed by atoms with Crippen LogP contribution in [0.3, 0.4) is 0 Å². The second-order valence-corrected chi connectivity index (χ2v) is 7.20. The van der Waals surface area contributed by atoms with Crippen molar-refractivity contribution in [2.75, 3.05) is 5.32 Å². The normalized spacial score (nSPS) is 12.3. The molecule has 0 saturated heterocycles. The largest absolute Gasteiger partial charge is 0.444 e. The predicted octanol–water partition coefficient (Wildman–Crippen LogP) is 5.91. The van der Waals surface area contributed by atoms with Gasteiger partial charge in [-0.3, -0.25) is 5.32 Å². The van der Waals surface area contributed by atoms with E-state index < -0.39 is 11.7 Å². The molecule has 0 saturated carbocycles. The molecule has 1 amide bonds. The van der Waals surface area contributed by atoms with Gasteiger partial charge in [0.15, 0.2) is 0 Å². The minimum absolute atomic E-state index is 0.126. The lowest BCUT2D eigenvalue weighted by Crippen LogP contribution is -2.28. The van der Waals surface area contributed by atoms with Gasteiger partial charge < -0.3 is 4.74 Å². The van der Waals surface area contributed by atoms with E-state index in [2.05, 4.69) is 31.0 Å². The third-order valence-corrected chi connectivity index (χ3v) is 3.89. The number of rotatable bonds is 5. The van der Waals surface area contributed by atoms with E-state index in [0.29, 0.717) is 0 Å². The van der Waals surface area contributed by atoms with E-state index >= 15 is 0 Å². The molecule has 0 spiro atoms. The number of ether oxygens (including phenoxy) is 1. The Kier molecular flexibility index (Phi) is 6.02. The number of anilines is 1. The molecule has 1 N–H and O–H groups in total. The molecule has 0 aliphatic carbocycles. The zero-order valence-corrected chi connectivity index (χ0v) is 15.5. The number of hydrogen-bond donors (Lipinski definition) is 1. The van der Waals surface area contributed by atoms with Crippen LogP contribution in [0, 0.1) is 0 Å². The Labute approximate surface area is 150 Å². The van der Waals surface area contributed by atoms with Crippen LogP contribution in [0.4, 0.5) is 10.5 Å². The number of allylic oxidation sites excluding steroid dienone is 1. The number of carbonyl (C=O) groups is 1. The lowest BCUT2D eigenvalue weighted by molar-refractivity contribution is 0.0635. The lowest BCUT2D eigenvalue weighted by atomic mass is 9.93. The summed E-state index contributed by atoms with van der Waals surface area (Å²) in [4.78, 5) is 12.3. The van der Waals surface area contributed by atoms with Crippen LogP contribution in [0.5, 0.6) is 0 Å². The first-order valence-electron chi connectivity index (χ1n) is 8.58. The number of para-hydroxylation sites is 1. The Balaban J connectivity index is 2.38. The summed E-state index contributed by atoms with van der Waals surface area (Å²) in [6, 6.07) is 16.3. The highest BCUT2D eigenvalue weighted by atomic mass is 16.6. The maximum absolute atomic E-state index is 12.3. The molecular weight excluding hydrogens is 310 g/mol. The molecule has 0 bridgehead atoms. The van der Waals surface area contributed by atoms with E-state index in [1.807, 2.05) is 63.2 Å². The summed E-state index contributed by atoms with van der Waals surface area (Å²) < 4.78 is 5.44. The van der Waals surface area contributed by atoms with Crippen molar-refractivity contribution in [2.45, 2.75) is 45.6 Å². The Bertz CT molecular complexity index is 729. The van der Waals surface area contributed by atoms with Gasteiger partial charge in [-0.15, -0.1) is 6.58 Å². The molecule has 2 aromatic carbocycles. The Hall–Kier alpha value is -2.55. The molecule has 0 aliphatic rings. The van der Waals surface area contributed by atoms with Crippen LogP contribution >= 0.6 is 0 Å². The standard InChI is InChI=1S/C22H27NO2/c1-6-16(2)19-14-10-13-18(15-17-11-8-7-9-12-17)20(19)23-21(24)25-22(3,4)5/h6-14,16H,1,15H2,2-5H3,(H,23,24). The number of benzene rings is 2. The molecule has 2 rings (SSSR count). The summed E-state index contributed by atoms with van der Waals surface area (Å²) in [7, 11) is 0. The molecule has 2 aromatic rings. The average molecular weight is 337 g/mol. The maximum atomic E-state index is 12.3. The van der Waals surface area contributed by atoms with Gasteiger partial charge in [-0.1, -0.05) is 61.5 Å². The SMILES string of the molecule is C=CC(C)c1cccc(Cc2ccccc2)c1NC(=O)OC(C)(C)C. The zero-order chi connectivity index (χ0) is 18.4. The van der Waals surface area contributed by atoms with E-state index in [1.165, 1.54) is 5.56 Å². The Morgan fingerprint density at radius 2 is 1.84 bits per heavy atom. The van der Waals surface area contributed by atoms with E-state index in [9.17, 15) is 4.79 Å². The lowest BCUT2D eigenvalue weighted by Gasteiger charge is -2.23. The van der Waals surface area contributed by atoms with E-state index in [-0.39, 0.29) is 5.92 Å². The molecule has 0 heterocycles. The van der Waals surface area contributed by atoms with Crippen molar-refractivity contribution >= 4 is 11.8 Å². The summed E-state index contributed by atoms with van der Waals surface area (Å²) in [5.74, 6) is 0.126. The molecule has 0 radical (unpaired) electrons. The van der Waals surface area contributed by atoms with Gasteiger partial charge in [0.05, 0.1) is 5.69 Å². The van der Waals surface area contributed by atoms with Gasteiger partial charge in [0.25, 0.3) is 0 Å². The van der Waals surface area contributed by atoms with E-state index in [0.717, 1.165) is 23.2 Å². The third kappa shape index (κ3) is 5.49. The highest BCUT2D eigenvalue weighted by Crippen LogP contribution is 2.30. The summed E-state index contributed by atoms with van der Waals surface area (Å²) in [5, 5.41) is 2.96. The number of carbonyl (C=O) groups excluding carboxylic acids is 1. The minimum Gasteiger partial charge on any atom is -0.444 e. The number of nitrogens with one attached hydrogen (secondary N) is 1. The van der Waals surface area contributed by atoms with E-state index in [1.54, 1.807) is 0 Å².